The molecule has 1 fully saturated rings. The Kier molecular flexibility index (Phi) is 5.01. The minimum atomic E-state index is -0.120. The van der Waals surface area contributed by atoms with Crippen molar-refractivity contribution in [1.29, 1.82) is 0 Å². The minimum Gasteiger partial charge on any atom is -0.391 e. The van der Waals surface area contributed by atoms with Crippen LogP contribution in [0.5, 0.6) is 0 Å². The lowest BCUT2D eigenvalue weighted by molar-refractivity contribution is 0.0587. The van der Waals surface area contributed by atoms with Crippen molar-refractivity contribution in [2.24, 2.45) is 0 Å². The van der Waals surface area contributed by atoms with E-state index in [0.717, 1.165) is 25.8 Å². The number of hydrogen-bond acceptors (Lipinski definition) is 3. The number of hydrogen-bond donors (Lipinski definition) is 1. The van der Waals surface area contributed by atoms with Gasteiger partial charge in [-0.15, -0.1) is 11.3 Å². The maximum absolute atomic E-state index is 10.1. The standard InChI is InChI=1S/C14H23NOS/c1-15(10-9-12-6-5-11-17-12)13-7-3-2-4-8-14(13)16/h5-6,11,13-14,16H,2-4,7-10H2,1H3. The molecule has 1 saturated carbocycles. The van der Waals surface area contributed by atoms with Gasteiger partial charge in [-0.05, 0) is 37.8 Å². The summed E-state index contributed by atoms with van der Waals surface area (Å²) in [5, 5.41) is 12.3. The summed E-state index contributed by atoms with van der Waals surface area (Å²) in [7, 11) is 2.16. The van der Waals surface area contributed by atoms with E-state index in [0.29, 0.717) is 6.04 Å². The third-order valence-electron chi connectivity index (χ3n) is 3.80. The molecule has 17 heavy (non-hydrogen) atoms. The summed E-state index contributed by atoms with van der Waals surface area (Å²) >= 11 is 1.83. The van der Waals surface area contributed by atoms with Gasteiger partial charge >= 0.3 is 0 Å². The lowest BCUT2D eigenvalue weighted by Crippen LogP contribution is -2.41. The van der Waals surface area contributed by atoms with Crippen molar-refractivity contribution < 1.29 is 5.11 Å². The highest BCUT2D eigenvalue weighted by molar-refractivity contribution is 7.09. The molecule has 2 atom stereocenters. The average molecular weight is 253 g/mol. The van der Waals surface area contributed by atoms with Crippen LogP contribution in [0.15, 0.2) is 17.5 Å². The lowest BCUT2D eigenvalue weighted by Gasteiger charge is -2.30. The molecule has 0 bridgehead atoms. The van der Waals surface area contributed by atoms with E-state index in [-0.39, 0.29) is 6.10 Å². The first-order valence-electron chi connectivity index (χ1n) is 6.68. The van der Waals surface area contributed by atoms with Gasteiger partial charge in [0.25, 0.3) is 0 Å². The van der Waals surface area contributed by atoms with Crippen LogP contribution >= 0.6 is 11.3 Å². The predicted octanol–water partition coefficient (Wildman–Crippen LogP) is 2.92. The Bertz CT molecular complexity index is 312. The molecule has 1 aliphatic carbocycles. The Morgan fingerprint density at radius 2 is 2.18 bits per heavy atom. The van der Waals surface area contributed by atoms with Gasteiger partial charge in [0.05, 0.1) is 6.10 Å². The average Bonchev–Trinajstić information content (AvgIpc) is 2.75. The van der Waals surface area contributed by atoms with Gasteiger partial charge in [-0.3, -0.25) is 0 Å². The van der Waals surface area contributed by atoms with Crippen molar-refractivity contribution in [2.45, 2.75) is 50.7 Å². The van der Waals surface area contributed by atoms with Crippen LogP contribution in [0.25, 0.3) is 0 Å². The van der Waals surface area contributed by atoms with Crippen LogP contribution < -0.4 is 0 Å². The second-order valence-electron chi connectivity index (χ2n) is 5.08. The van der Waals surface area contributed by atoms with Gasteiger partial charge in [0.2, 0.25) is 0 Å². The van der Waals surface area contributed by atoms with E-state index in [4.69, 9.17) is 0 Å². The molecule has 1 heterocycles. The number of aliphatic hydroxyl groups excluding tert-OH is 1. The second-order valence-corrected chi connectivity index (χ2v) is 6.11. The SMILES string of the molecule is CN(CCc1cccs1)C1CCCCCC1O. The lowest BCUT2D eigenvalue weighted by atomic mass is 10.0. The quantitative estimate of drug-likeness (QED) is 0.834. The molecule has 1 aliphatic rings. The first-order valence-corrected chi connectivity index (χ1v) is 7.56. The smallest absolute Gasteiger partial charge is 0.0695 e. The molecule has 1 N–H and O–H groups in total. The molecule has 3 heteroatoms. The summed E-state index contributed by atoms with van der Waals surface area (Å²) < 4.78 is 0. The van der Waals surface area contributed by atoms with Crippen molar-refractivity contribution in [3.8, 4) is 0 Å². The predicted molar refractivity (Wildman–Crippen MR) is 73.5 cm³/mol. The summed E-state index contributed by atoms with van der Waals surface area (Å²) in [5.41, 5.74) is 0. The molecule has 0 aliphatic heterocycles. The Morgan fingerprint density at radius 1 is 1.35 bits per heavy atom. The fraction of sp³-hybridized carbons (Fsp3) is 0.714. The number of thiophene rings is 1. The van der Waals surface area contributed by atoms with E-state index >= 15 is 0 Å². The minimum absolute atomic E-state index is 0.120. The first-order chi connectivity index (χ1) is 8.27. The largest absolute Gasteiger partial charge is 0.391 e. The van der Waals surface area contributed by atoms with Gasteiger partial charge in [-0.2, -0.15) is 0 Å². The molecular formula is C14H23NOS. The molecule has 0 spiro atoms. The Labute approximate surface area is 108 Å². The molecule has 0 radical (unpaired) electrons. The highest BCUT2D eigenvalue weighted by Gasteiger charge is 2.24. The molecule has 1 aromatic heterocycles. The van der Waals surface area contributed by atoms with Crippen LogP contribution in [0.3, 0.4) is 0 Å². The van der Waals surface area contributed by atoms with Crippen molar-refractivity contribution in [1.82, 2.24) is 4.90 Å². The second kappa shape index (κ2) is 6.53. The van der Waals surface area contributed by atoms with Crippen molar-refractivity contribution in [3.63, 3.8) is 0 Å². The maximum Gasteiger partial charge on any atom is 0.0695 e. The monoisotopic (exact) mass is 253 g/mol. The molecule has 0 amide bonds. The van der Waals surface area contributed by atoms with E-state index in [2.05, 4.69) is 29.5 Å². The van der Waals surface area contributed by atoms with Gasteiger partial charge in [0.1, 0.15) is 0 Å². The van der Waals surface area contributed by atoms with E-state index in [1.165, 1.54) is 24.1 Å². The number of likely N-dealkylation sites (N-methyl/N-ethyl adjacent to an activating group) is 1. The fourth-order valence-electron chi connectivity index (χ4n) is 2.69. The summed E-state index contributed by atoms with van der Waals surface area (Å²) in [5.74, 6) is 0. The zero-order valence-corrected chi connectivity index (χ0v) is 11.5. The van der Waals surface area contributed by atoms with E-state index in [9.17, 15) is 5.11 Å². The van der Waals surface area contributed by atoms with Gasteiger partial charge in [-0.1, -0.05) is 25.3 Å². The van der Waals surface area contributed by atoms with Crippen LogP contribution in [0.1, 0.15) is 37.0 Å². The van der Waals surface area contributed by atoms with E-state index in [1.807, 2.05) is 11.3 Å². The summed E-state index contributed by atoms with van der Waals surface area (Å²) in [6.45, 7) is 1.06. The number of nitrogens with zero attached hydrogens (tertiary/aromatic N) is 1. The third-order valence-corrected chi connectivity index (χ3v) is 4.74. The Morgan fingerprint density at radius 3 is 2.94 bits per heavy atom. The first kappa shape index (κ1) is 13.1. The van der Waals surface area contributed by atoms with Gasteiger partial charge in [-0.25, -0.2) is 0 Å². The third kappa shape index (κ3) is 3.80. The topological polar surface area (TPSA) is 23.5 Å². The summed E-state index contributed by atoms with van der Waals surface area (Å²) in [4.78, 5) is 3.80. The Balaban J connectivity index is 1.83. The van der Waals surface area contributed by atoms with Crippen LogP contribution in [0.2, 0.25) is 0 Å². The van der Waals surface area contributed by atoms with E-state index < -0.39 is 0 Å². The molecule has 96 valence electrons. The zero-order valence-electron chi connectivity index (χ0n) is 10.6. The van der Waals surface area contributed by atoms with Gasteiger partial charge < -0.3 is 10.0 Å². The van der Waals surface area contributed by atoms with Crippen molar-refractivity contribution >= 4 is 11.3 Å². The fourth-order valence-corrected chi connectivity index (χ4v) is 3.39. The normalized spacial score (nSPS) is 26.1. The maximum atomic E-state index is 10.1. The van der Waals surface area contributed by atoms with Gasteiger partial charge in [0, 0.05) is 17.5 Å². The van der Waals surface area contributed by atoms with Crippen LogP contribution in [0.4, 0.5) is 0 Å². The van der Waals surface area contributed by atoms with Crippen LogP contribution in [-0.4, -0.2) is 35.7 Å². The van der Waals surface area contributed by atoms with E-state index in [1.54, 1.807) is 0 Å². The molecule has 2 nitrogen and oxygen atoms in total. The highest BCUT2D eigenvalue weighted by Crippen LogP contribution is 2.22. The van der Waals surface area contributed by atoms with Gasteiger partial charge in [0.15, 0.2) is 0 Å². The zero-order chi connectivity index (χ0) is 12.1. The molecule has 0 aromatic carbocycles. The summed E-state index contributed by atoms with van der Waals surface area (Å²) in [6.07, 6.45) is 6.87. The van der Waals surface area contributed by atoms with Crippen LogP contribution in [0, 0.1) is 0 Å². The molecule has 1 aromatic rings. The summed E-state index contributed by atoms with van der Waals surface area (Å²) in [6, 6.07) is 4.68. The molecule has 0 saturated heterocycles. The molecule has 2 unspecified atom stereocenters. The Hall–Kier alpha value is -0.380. The number of rotatable bonds is 4. The number of aliphatic hydroxyl groups is 1. The molecule has 2 rings (SSSR count). The molecular weight excluding hydrogens is 230 g/mol. The van der Waals surface area contributed by atoms with Crippen molar-refractivity contribution in [3.05, 3.63) is 22.4 Å². The van der Waals surface area contributed by atoms with Crippen molar-refractivity contribution in [2.75, 3.05) is 13.6 Å². The van der Waals surface area contributed by atoms with Crippen LogP contribution in [-0.2, 0) is 6.42 Å². The highest BCUT2D eigenvalue weighted by atomic mass is 32.1.